The third-order valence-electron chi connectivity index (χ3n) is 1.73. The number of aryl methyl sites for hydroxylation is 2. The summed E-state index contributed by atoms with van der Waals surface area (Å²) in [4.78, 5) is 10.1. The van der Waals surface area contributed by atoms with Gasteiger partial charge in [-0.05, 0) is 25.0 Å². The van der Waals surface area contributed by atoms with E-state index in [1.165, 1.54) is 5.56 Å². The van der Waals surface area contributed by atoms with Gasteiger partial charge in [0, 0.05) is 11.4 Å². The normalized spacial score (nSPS) is 9.83. The molecule has 0 atom stereocenters. The van der Waals surface area contributed by atoms with Gasteiger partial charge in [0.15, 0.2) is 0 Å². The molecule has 1 aromatic rings. The minimum Gasteiger partial charge on any atom is -0.303 e. The Hall–Kier alpha value is -0.820. The van der Waals surface area contributed by atoms with Crippen molar-refractivity contribution in [3.05, 3.63) is 34.3 Å². The van der Waals surface area contributed by atoms with E-state index >= 15 is 0 Å². The monoisotopic (exact) mass is 182 g/mol. The standard InChI is InChI=1S/C10H11ClO/c1-8-4-5-10(11)9(7-8)3-2-6-12/h4-7H,2-3H2,1H3. The van der Waals surface area contributed by atoms with Crippen LogP contribution in [-0.2, 0) is 11.2 Å². The molecule has 0 aliphatic carbocycles. The minimum atomic E-state index is 0.545. The molecule has 0 aromatic heterocycles. The molecule has 0 saturated carbocycles. The third kappa shape index (κ3) is 2.35. The first-order valence-electron chi connectivity index (χ1n) is 3.92. The first kappa shape index (κ1) is 9.27. The van der Waals surface area contributed by atoms with E-state index in [0.717, 1.165) is 23.3 Å². The predicted octanol–water partition coefficient (Wildman–Crippen LogP) is 2.78. The fourth-order valence-electron chi connectivity index (χ4n) is 1.11. The molecule has 64 valence electrons. The van der Waals surface area contributed by atoms with E-state index in [-0.39, 0.29) is 0 Å². The Labute approximate surface area is 77.4 Å². The molecule has 1 nitrogen and oxygen atoms in total. The lowest BCUT2D eigenvalue weighted by Crippen LogP contribution is -1.88. The Morgan fingerprint density at radius 3 is 2.92 bits per heavy atom. The Kier molecular flexibility index (Phi) is 3.30. The average molecular weight is 183 g/mol. The first-order valence-corrected chi connectivity index (χ1v) is 4.30. The molecule has 0 saturated heterocycles. The largest absolute Gasteiger partial charge is 0.303 e. The van der Waals surface area contributed by atoms with Crippen molar-refractivity contribution in [2.75, 3.05) is 0 Å². The smallest absolute Gasteiger partial charge is 0.120 e. The van der Waals surface area contributed by atoms with Crippen LogP contribution in [0.1, 0.15) is 17.5 Å². The van der Waals surface area contributed by atoms with Gasteiger partial charge in [-0.2, -0.15) is 0 Å². The molecule has 2 heteroatoms. The molecule has 0 amide bonds. The zero-order valence-corrected chi connectivity index (χ0v) is 7.77. The van der Waals surface area contributed by atoms with E-state index in [4.69, 9.17) is 11.6 Å². The second-order valence-electron chi connectivity index (χ2n) is 2.80. The number of aldehydes is 1. The molecular weight excluding hydrogens is 172 g/mol. The summed E-state index contributed by atoms with van der Waals surface area (Å²) in [6.07, 6.45) is 2.20. The second-order valence-corrected chi connectivity index (χ2v) is 3.21. The molecule has 1 rings (SSSR count). The highest BCUT2D eigenvalue weighted by Crippen LogP contribution is 2.18. The van der Waals surface area contributed by atoms with Gasteiger partial charge in [-0.15, -0.1) is 0 Å². The number of hydrogen-bond donors (Lipinski definition) is 0. The highest BCUT2D eigenvalue weighted by molar-refractivity contribution is 6.31. The summed E-state index contributed by atoms with van der Waals surface area (Å²) in [6.45, 7) is 2.01. The molecule has 0 aliphatic heterocycles. The number of halogens is 1. The van der Waals surface area contributed by atoms with Gasteiger partial charge in [0.1, 0.15) is 6.29 Å². The summed E-state index contributed by atoms with van der Waals surface area (Å²) in [5.74, 6) is 0. The number of hydrogen-bond acceptors (Lipinski definition) is 1. The fraction of sp³-hybridized carbons (Fsp3) is 0.300. The van der Waals surface area contributed by atoms with Crippen molar-refractivity contribution in [1.82, 2.24) is 0 Å². The maximum atomic E-state index is 10.1. The predicted molar refractivity (Wildman–Crippen MR) is 50.6 cm³/mol. The van der Waals surface area contributed by atoms with Crippen molar-refractivity contribution in [2.45, 2.75) is 19.8 Å². The van der Waals surface area contributed by atoms with Gasteiger partial charge >= 0.3 is 0 Å². The summed E-state index contributed by atoms with van der Waals surface area (Å²) in [7, 11) is 0. The van der Waals surface area contributed by atoms with Crippen molar-refractivity contribution in [2.24, 2.45) is 0 Å². The second kappa shape index (κ2) is 4.27. The molecular formula is C10H11ClO. The highest BCUT2D eigenvalue weighted by atomic mass is 35.5. The quantitative estimate of drug-likeness (QED) is 0.657. The third-order valence-corrected chi connectivity index (χ3v) is 2.10. The molecule has 0 heterocycles. The van der Waals surface area contributed by atoms with Crippen LogP contribution < -0.4 is 0 Å². The Bertz CT molecular complexity index is 281. The topological polar surface area (TPSA) is 17.1 Å². The van der Waals surface area contributed by atoms with E-state index in [0.29, 0.717) is 6.42 Å². The Morgan fingerprint density at radius 1 is 1.50 bits per heavy atom. The molecule has 0 bridgehead atoms. The lowest BCUT2D eigenvalue weighted by Gasteiger charge is -2.02. The zero-order valence-electron chi connectivity index (χ0n) is 7.01. The summed E-state index contributed by atoms with van der Waals surface area (Å²) in [5.41, 5.74) is 2.24. The van der Waals surface area contributed by atoms with E-state index in [2.05, 4.69) is 0 Å². The summed E-state index contributed by atoms with van der Waals surface area (Å²) in [6, 6.07) is 5.86. The van der Waals surface area contributed by atoms with Crippen LogP contribution in [0.3, 0.4) is 0 Å². The average Bonchev–Trinajstić information content (AvgIpc) is 2.07. The molecule has 1 aromatic carbocycles. The lowest BCUT2D eigenvalue weighted by molar-refractivity contribution is -0.107. The highest BCUT2D eigenvalue weighted by Gasteiger charge is 1.99. The number of carbonyl (C=O) groups is 1. The molecule has 12 heavy (non-hydrogen) atoms. The van der Waals surface area contributed by atoms with Gasteiger partial charge in [-0.1, -0.05) is 29.3 Å². The van der Waals surface area contributed by atoms with Crippen molar-refractivity contribution in [3.8, 4) is 0 Å². The van der Waals surface area contributed by atoms with Crippen LogP contribution in [0.15, 0.2) is 18.2 Å². The Morgan fingerprint density at radius 2 is 2.25 bits per heavy atom. The van der Waals surface area contributed by atoms with Gasteiger partial charge in [-0.25, -0.2) is 0 Å². The van der Waals surface area contributed by atoms with Crippen LogP contribution in [0.5, 0.6) is 0 Å². The van der Waals surface area contributed by atoms with Gasteiger partial charge in [0.05, 0.1) is 0 Å². The van der Waals surface area contributed by atoms with Gasteiger partial charge < -0.3 is 4.79 Å². The van der Waals surface area contributed by atoms with Crippen molar-refractivity contribution in [3.63, 3.8) is 0 Å². The van der Waals surface area contributed by atoms with Gasteiger partial charge in [-0.3, -0.25) is 0 Å². The number of benzene rings is 1. The number of rotatable bonds is 3. The molecule has 0 unspecified atom stereocenters. The van der Waals surface area contributed by atoms with Gasteiger partial charge in [0.25, 0.3) is 0 Å². The van der Waals surface area contributed by atoms with Crippen molar-refractivity contribution in [1.29, 1.82) is 0 Å². The van der Waals surface area contributed by atoms with Crippen LogP contribution in [0.2, 0.25) is 5.02 Å². The SMILES string of the molecule is Cc1ccc(Cl)c(CCC=O)c1. The first-order chi connectivity index (χ1) is 5.74. The maximum Gasteiger partial charge on any atom is 0.120 e. The lowest BCUT2D eigenvalue weighted by atomic mass is 10.1. The fourth-order valence-corrected chi connectivity index (χ4v) is 1.32. The van der Waals surface area contributed by atoms with E-state index < -0.39 is 0 Å². The summed E-state index contributed by atoms with van der Waals surface area (Å²) >= 11 is 5.92. The van der Waals surface area contributed by atoms with Crippen molar-refractivity contribution < 1.29 is 4.79 Å². The van der Waals surface area contributed by atoms with Crippen LogP contribution in [0.25, 0.3) is 0 Å². The van der Waals surface area contributed by atoms with Crippen LogP contribution in [0.4, 0.5) is 0 Å². The van der Waals surface area contributed by atoms with Crippen molar-refractivity contribution >= 4 is 17.9 Å². The van der Waals surface area contributed by atoms with Crippen LogP contribution >= 0.6 is 11.6 Å². The molecule has 0 N–H and O–H groups in total. The van der Waals surface area contributed by atoms with Gasteiger partial charge in [0.2, 0.25) is 0 Å². The number of carbonyl (C=O) groups excluding carboxylic acids is 1. The molecule has 0 radical (unpaired) electrons. The summed E-state index contributed by atoms with van der Waals surface area (Å²) in [5, 5.41) is 0.752. The maximum absolute atomic E-state index is 10.1. The van der Waals surface area contributed by atoms with Crippen LogP contribution in [-0.4, -0.2) is 6.29 Å². The Balaban J connectivity index is 2.82. The molecule has 0 fully saturated rings. The van der Waals surface area contributed by atoms with E-state index in [1.807, 2.05) is 25.1 Å². The molecule has 0 spiro atoms. The minimum absolute atomic E-state index is 0.545. The zero-order chi connectivity index (χ0) is 8.97. The van der Waals surface area contributed by atoms with E-state index in [1.54, 1.807) is 0 Å². The molecule has 0 aliphatic rings. The summed E-state index contributed by atoms with van der Waals surface area (Å²) < 4.78 is 0. The van der Waals surface area contributed by atoms with E-state index in [9.17, 15) is 4.79 Å². The van der Waals surface area contributed by atoms with Crippen LogP contribution in [0, 0.1) is 6.92 Å².